The second-order valence-corrected chi connectivity index (χ2v) is 11.9. The molecule has 4 rings (SSSR count). The molecule has 0 saturated carbocycles. The average molecular weight is 545 g/mol. The molecule has 0 spiro atoms. The van der Waals surface area contributed by atoms with E-state index in [4.69, 9.17) is 26.2 Å². The highest BCUT2D eigenvalue weighted by Gasteiger charge is 2.30. The molecule has 0 radical (unpaired) electrons. The van der Waals surface area contributed by atoms with Crippen LogP contribution >= 0.6 is 0 Å². The van der Waals surface area contributed by atoms with Crippen LogP contribution in [0.2, 0.25) is 0 Å². The number of nitrogens with two attached hydrogens (primary N) is 2. The van der Waals surface area contributed by atoms with E-state index in [1.165, 1.54) is 6.07 Å². The fourth-order valence-corrected chi connectivity index (χ4v) is 4.67. The predicted molar refractivity (Wildman–Crippen MR) is 157 cm³/mol. The van der Waals surface area contributed by atoms with E-state index in [9.17, 15) is 5.11 Å². The maximum absolute atomic E-state index is 15.3. The molecule has 0 unspecified atom stereocenters. The molecule has 210 valence electrons. The minimum atomic E-state index is -0.639. The predicted octanol–water partition coefficient (Wildman–Crippen LogP) is 6.21. The molecule has 0 bridgehead atoms. The van der Waals surface area contributed by atoms with E-state index in [1.54, 1.807) is 36.7 Å². The number of aromatic nitrogens is 4. The molecule has 0 fully saturated rings. The minimum Gasteiger partial charge on any atom is -0.508 e. The number of halogens is 1. The summed E-state index contributed by atoms with van der Waals surface area (Å²) in [7, 11) is 0. The smallest absolute Gasteiger partial charge is 0.165 e. The number of aromatic hydroxyl groups is 1. The number of hydrogen-bond donors (Lipinski definition) is 3. The van der Waals surface area contributed by atoms with Crippen molar-refractivity contribution in [2.75, 3.05) is 11.5 Å². The van der Waals surface area contributed by atoms with Gasteiger partial charge in [-0.3, -0.25) is 0 Å². The zero-order chi connectivity index (χ0) is 29.4. The van der Waals surface area contributed by atoms with Gasteiger partial charge in [-0.2, -0.15) is 0 Å². The van der Waals surface area contributed by atoms with E-state index in [1.807, 2.05) is 54.5 Å². The Hall–Kier alpha value is -4.27. The molecule has 9 heteroatoms. The maximum Gasteiger partial charge on any atom is 0.165 e. The van der Waals surface area contributed by atoms with Gasteiger partial charge in [0.2, 0.25) is 0 Å². The number of anilines is 2. The molecular formula is C31H37FN6O2. The van der Waals surface area contributed by atoms with Gasteiger partial charge < -0.3 is 21.3 Å². The van der Waals surface area contributed by atoms with E-state index >= 15 is 4.39 Å². The lowest BCUT2D eigenvalue weighted by Crippen LogP contribution is -2.25. The molecule has 5 N–H and O–H groups in total. The zero-order valence-electron chi connectivity index (χ0n) is 24.1. The highest BCUT2D eigenvalue weighted by molar-refractivity contribution is 5.67. The molecular weight excluding hydrogens is 507 g/mol. The van der Waals surface area contributed by atoms with Crippen LogP contribution in [0, 0.1) is 5.82 Å². The fraction of sp³-hybridized carbons (Fsp3) is 0.355. The van der Waals surface area contributed by atoms with Crippen LogP contribution in [0.1, 0.15) is 65.4 Å². The van der Waals surface area contributed by atoms with Crippen molar-refractivity contribution in [3.8, 4) is 34.0 Å². The Bertz CT molecular complexity index is 1550. The summed E-state index contributed by atoms with van der Waals surface area (Å²) in [6.07, 6.45) is 3.34. The number of hydrogen-bond acceptors (Lipinski definition) is 8. The van der Waals surface area contributed by atoms with Crippen molar-refractivity contribution in [3.05, 3.63) is 71.6 Å². The van der Waals surface area contributed by atoms with Gasteiger partial charge >= 0.3 is 0 Å². The van der Waals surface area contributed by atoms with Gasteiger partial charge in [-0.15, -0.1) is 0 Å². The standard InChI is InChI=1S/C31H37FN6O2/c1-17(2)40-25-12-19(21(13-22(25)32)24-16-36-28(33)26(38-24)30(3,4)5)14-31(6,7)27-29(34)35-15-23(37-27)18-9-8-10-20(39)11-18/h8-13,15-17,39H,14H2,1-7H3,(H2,33,36)(H2,34,35). The molecule has 8 nitrogen and oxygen atoms in total. The van der Waals surface area contributed by atoms with Crippen LogP contribution in [0.4, 0.5) is 16.0 Å². The molecule has 2 aromatic heterocycles. The summed E-state index contributed by atoms with van der Waals surface area (Å²) < 4.78 is 21.1. The molecule has 4 aromatic rings. The van der Waals surface area contributed by atoms with Crippen molar-refractivity contribution in [1.82, 2.24) is 19.9 Å². The summed E-state index contributed by atoms with van der Waals surface area (Å²) in [5.74, 6) is 0.413. The van der Waals surface area contributed by atoms with Crippen molar-refractivity contribution in [2.24, 2.45) is 0 Å². The van der Waals surface area contributed by atoms with Gasteiger partial charge in [0.15, 0.2) is 11.6 Å². The third-order valence-corrected chi connectivity index (χ3v) is 6.52. The average Bonchev–Trinajstić information content (AvgIpc) is 2.85. The number of nitrogens with zero attached hydrogens (tertiary/aromatic N) is 4. The summed E-state index contributed by atoms with van der Waals surface area (Å²) in [5.41, 5.74) is 15.9. The van der Waals surface area contributed by atoms with Crippen molar-refractivity contribution in [3.63, 3.8) is 0 Å². The van der Waals surface area contributed by atoms with Crippen molar-refractivity contribution in [1.29, 1.82) is 0 Å². The Morgan fingerprint density at radius 1 is 0.900 bits per heavy atom. The number of nitrogen functional groups attached to an aromatic ring is 2. The number of benzene rings is 2. The summed E-state index contributed by atoms with van der Waals surface area (Å²) in [5, 5.41) is 9.96. The third kappa shape index (κ3) is 6.14. The van der Waals surface area contributed by atoms with Crippen LogP contribution in [0.15, 0.2) is 48.8 Å². The van der Waals surface area contributed by atoms with Crippen LogP contribution in [-0.2, 0) is 17.3 Å². The first-order valence-electron chi connectivity index (χ1n) is 13.2. The molecule has 0 aliphatic carbocycles. The zero-order valence-corrected chi connectivity index (χ0v) is 24.1. The number of phenolic OH excluding ortho intramolecular Hbond substituents is 1. The Morgan fingerprint density at radius 2 is 1.52 bits per heavy atom. The summed E-state index contributed by atoms with van der Waals surface area (Å²) >= 11 is 0. The van der Waals surface area contributed by atoms with Crippen LogP contribution in [0.3, 0.4) is 0 Å². The van der Waals surface area contributed by atoms with Crippen LogP contribution in [0.5, 0.6) is 11.5 Å². The molecule has 0 saturated heterocycles. The van der Waals surface area contributed by atoms with Crippen LogP contribution < -0.4 is 16.2 Å². The lowest BCUT2D eigenvalue weighted by molar-refractivity contribution is 0.231. The molecule has 0 aliphatic rings. The normalized spacial score (nSPS) is 12.1. The van der Waals surface area contributed by atoms with E-state index in [0.29, 0.717) is 52.0 Å². The molecule has 0 aliphatic heterocycles. The highest BCUT2D eigenvalue weighted by Crippen LogP contribution is 2.38. The third-order valence-electron chi connectivity index (χ3n) is 6.52. The topological polar surface area (TPSA) is 133 Å². The van der Waals surface area contributed by atoms with Crippen molar-refractivity contribution in [2.45, 2.75) is 71.8 Å². The van der Waals surface area contributed by atoms with Gasteiger partial charge in [-0.05, 0) is 50.1 Å². The fourth-order valence-electron chi connectivity index (χ4n) is 4.67. The Kier molecular flexibility index (Phi) is 7.70. The minimum absolute atomic E-state index is 0.129. The van der Waals surface area contributed by atoms with Crippen molar-refractivity contribution >= 4 is 11.6 Å². The quantitative estimate of drug-likeness (QED) is 0.250. The van der Waals surface area contributed by atoms with Crippen LogP contribution in [-0.4, -0.2) is 31.1 Å². The number of phenols is 1. The maximum atomic E-state index is 15.3. The molecule has 2 aromatic carbocycles. The van der Waals surface area contributed by atoms with Gasteiger partial charge in [0.05, 0.1) is 41.3 Å². The summed E-state index contributed by atoms with van der Waals surface area (Å²) in [6, 6.07) is 9.96. The van der Waals surface area contributed by atoms with E-state index in [-0.39, 0.29) is 23.0 Å². The Morgan fingerprint density at radius 3 is 2.15 bits per heavy atom. The lowest BCUT2D eigenvalue weighted by atomic mass is 9.80. The Balaban J connectivity index is 1.85. The van der Waals surface area contributed by atoms with E-state index in [0.717, 1.165) is 5.56 Å². The lowest BCUT2D eigenvalue weighted by Gasteiger charge is -2.27. The second-order valence-electron chi connectivity index (χ2n) is 11.9. The van der Waals surface area contributed by atoms with Gasteiger partial charge in [0, 0.05) is 22.0 Å². The van der Waals surface area contributed by atoms with Gasteiger partial charge in [-0.1, -0.05) is 46.8 Å². The van der Waals surface area contributed by atoms with E-state index < -0.39 is 11.2 Å². The second kappa shape index (κ2) is 10.7. The molecule has 0 atom stereocenters. The first-order valence-corrected chi connectivity index (χ1v) is 13.2. The van der Waals surface area contributed by atoms with Gasteiger partial charge in [0.25, 0.3) is 0 Å². The van der Waals surface area contributed by atoms with Gasteiger partial charge in [-0.25, -0.2) is 24.3 Å². The number of rotatable bonds is 7. The first-order chi connectivity index (χ1) is 18.7. The van der Waals surface area contributed by atoms with Gasteiger partial charge in [0.1, 0.15) is 17.4 Å². The SMILES string of the molecule is CC(C)Oc1cc(CC(C)(C)c2nc(-c3cccc(O)c3)cnc2N)c(-c2cnc(N)c(C(C)(C)C)n2)cc1F. The largest absolute Gasteiger partial charge is 0.508 e. The van der Waals surface area contributed by atoms with Crippen LogP contribution in [0.25, 0.3) is 22.5 Å². The Labute approximate surface area is 234 Å². The van der Waals surface area contributed by atoms with Crippen molar-refractivity contribution < 1.29 is 14.2 Å². The van der Waals surface area contributed by atoms with E-state index in [2.05, 4.69) is 9.97 Å². The highest BCUT2D eigenvalue weighted by atomic mass is 19.1. The molecule has 40 heavy (non-hydrogen) atoms. The monoisotopic (exact) mass is 544 g/mol. The molecule has 0 amide bonds. The molecule has 2 heterocycles. The summed E-state index contributed by atoms with van der Waals surface area (Å²) in [4.78, 5) is 18.5. The number of ether oxygens (including phenoxy) is 1. The first kappa shape index (κ1) is 28.7. The summed E-state index contributed by atoms with van der Waals surface area (Å²) in [6.45, 7) is 13.7.